The van der Waals surface area contributed by atoms with Gasteiger partial charge < -0.3 is 10.2 Å². The molecule has 0 aliphatic rings. The number of benzene rings is 1. The summed E-state index contributed by atoms with van der Waals surface area (Å²) in [7, 11) is 3.74. The minimum absolute atomic E-state index is 0.757. The first kappa shape index (κ1) is 14.3. The van der Waals surface area contributed by atoms with Gasteiger partial charge in [-0.05, 0) is 36.9 Å². The lowest BCUT2D eigenvalue weighted by Gasteiger charge is -2.17. The Bertz CT molecular complexity index is 510. The molecule has 0 atom stereocenters. The highest BCUT2D eigenvalue weighted by atomic mass is 16.5. The van der Waals surface area contributed by atoms with Crippen LogP contribution >= 0.6 is 0 Å². The SMILES string of the molecule is COc1cccc(CN(C)Cc2cc(NN)ccn2)c1. The molecule has 0 bridgehead atoms. The van der Waals surface area contributed by atoms with Crippen molar-refractivity contribution in [1.82, 2.24) is 9.88 Å². The van der Waals surface area contributed by atoms with E-state index in [1.54, 1.807) is 13.3 Å². The van der Waals surface area contributed by atoms with Crippen LogP contribution in [0.2, 0.25) is 0 Å². The van der Waals surface area contributed by atoms with Crippen molar-refractivity contribution < 1.29 is 4.74 Å². The van der Waals surface area contributed by atoms with Gasteiger partial charge in [0.2, 0.25) is 0 Å². The fourth-order valence-corrected chi connectivity index (χ4v) is 2.07. The van der Waals surface area contributed by atoms with Gasteiger partial charge >= 0.3 is 0 Å². The lowest BCUT2D eigenvalue weighted by Crippen LogP contribution is -2.18. The lowest BCUT2D eigenvalue weighted by molar-refractivity contribution is 0.314. The molecule has 0 aliphatic heterocycles. The zero-order valence-corrected chi connectivity index (χ0v) is 11.8. The van der Waals surface area contributed by atoms with Crippen LogP contribution < -0.4 is 16.0 Å². The van der Waals surface area contributed by atoms with Crippen LogP contribution in [0.15, 0.2) is 42.6 Å². The molecular formula is C15H20N4O. The molecule has 0 fully saturated rings. The first-order chi connectivity index (χ1) is 9.71. The van der Waals surface area contributed by atoms with Crippen molar-refractivity contribution in [2.24, 2.45) is 5.84 Å². The predicted molar refractivity (Wildman–Crippen MR) is 80.2 cm³/mol. The number of rotatable bonds is 6. The van der Waals surface area contributed by atoms with Crippen LogP contribution in [0.25, 0.3) is 0 Å². The Morgan fingerprint density at radius 1 is 1.25 bits per heavy atom. The van der Waals surface area contributed by atoms with E-state index >= 15 is 0 Å². The van der Waals surface area contributed by atoms with E-state index in [9.17, 15) is 0 Å². The Hall–Kier alpha value is -2.11. The maximum atomic E-state index is 5.40. The monoisotopic (exact) mass is 272 g/mol. The van der Waals surface area contributed by atoms with E-state index in [0.29, 0.717) is 0 Å². The van der Waals surface area contributed by atoms with Crippen molar-refractivity contribution >= 4 is 5.69 Å². The normalized spacial score (nSPS) is 10.6. The van der Waals surface area contributed by atoms with Crippen molar-refractivity contribution in [3.63, 3.8) is 0 Å². The van der Waals surface area contributed by atoms with Gasteiger partial charge in [0, 0.05) is 19.3 Å². The maximum absolute atomic E-state index is 5.40. The van der Waals surface area contributed by atoms with Crippen LogP contribution in [0.1, 0.15) is 11.3 Å². The second-order valence-electron chi connectivity index (χ2n) is 4.70. The van der Waals surface area contributed by atoms with Crippen molar-refractivity contribution in [1.29, 1.82) is 0 Å². The average molecular weight is 272 g/mol. The fourth-order valence-electron chi connectivity index (χ4n) is 2.07. The van der Waals surface area contributed by atoms with Gasteiger partial charge in [-0.2, -0.15) is 0 Å². The quantitative estimate of drug-likeness (QED) is 0.622. The standard InChI is InChI=1S/C15H20N4O/c1-19(10-12-4-3-5-15(8-12)20-2)11-14-9-13(18-16)6-7-17-14/h3-9H,10-11,16H2,1-2H3,(H,17,18). The van der Waals surface area contributed by atoms with Gasteiger partial charge in [-0.15, -0.1) is 0 Å². The Labute approximate surface area is 119 Å². The smallest absolute Gasteiger partial charge is 0.119 e. The second kappa shape index (κ2) is 6.88. The summed E-state index contributed by atoms with van der Waals surface area (Å²) in [4.78, 5) is 6.53. The molecule has 2 rings (SSSR count). The Balaban J connectivity index is 1.99. The number of anilines is 1. The van der Waals surface area contributed by atoms with Crippen molar-refractivity contribution in [3.8, 4) is 5.75 Å². The van der Waals surface area contributed by atoms with Crippen LogP contribution in [0, 0.1) is 0 Å². The van der Waals surface area contributed by atoms with Gasteiger partial charge in [0.15, 0.2) is 0 Å². The van der Waals surface area contributed by atoms with Crippen LogP contribution in [0.3, 0.4) is 0 Å². The van der Waals surface area contributed by atoms with Crippen molar-refractivity contribution in [2.45, 2.75) is 13.1 Å². The molecule has 2 aromatic rings. The first-order valence-corrected chi connectivity index (χ1v) is 6.44. The van der Waals surface area contributed by atoms with Crippen molar-refractivity contribution in [2.75, 3.05) is 19.6 Å². The lowest BCUT2D eigenvalue weighted by atomic mass is 10.2. The summed E-state index contributed by atoms with van der Waals surface area (Å²) in [5, 5.41) is 0. The molecule has 0 aliphatic carbocycles. The van der Waals surface area contributed by atoms with E-state index in [0.717, 1.165) is 30.2 Å². The van der Waals surface area contributed by atoms with Gasteiger partial charge in [-0.3, -0.25) is 15.7 Å². The third kappa shape index (κ3) is 3.94. The third-order valence-electron chi connectivity index (χ3n) is 3.00. The molecular weight excluding hydrogens is 252 g/mol. The second-order valence-corrected chi connectivity index (χ2v) is 4.70. The zero-order chi connectivity index (χ0) is 14.4. The molecule has 106 valence electrons. The molecule has 5 nitrogen and oxygen atoms in total. The maximum Gasteiger partial charge on any atom is 0.119 e. The number of pyridine rings is 1. The van der Waals surface area contributed by atoms with Gasteiger partial charge in [-0.1, -0.05) is 12.1 Å². The Morgan fingerprint density at radius 2 is 2.10 bits per heavy atom. The summed E-state index contributed by atoms with van der Waals surface area (Å²) < 4.78 is 5.23. The summed E-state index contributed by atoms with van der Waals surface area (Å²) in [6.07, 6.45) is 1.75. The number of hydrogen-bond acceptors (Lipinski definition) is 5. The molecule has 1 aromatic heterocycles. The van der Waals surface area contributed by atoms with E-state index < -0.39 is 0 Å². The molecule has 0 unspecified atom stereocenters. The van der Waals surface area contributed by atoms with E-state index in [1.807, 2.05) is 30.3 Å². The highest BCUT2D eigenvalue weighted by Gasteiger charge is 2.04. The van der Waals surface area contributed by atoms with Crippen LogP contribution in [-0.4, -0.2) is 24.0 Å². The van der Waals surface area contributed by atoms with Crippen molar-refractivity contribution in [3.05, 3.63) is 53.9 Å². The summed E-state index contributed by atoms with van der Waals surface area (Å²) in [5.74, 6) is 6.28. The molecule has 1 heterocycles. The minimum atomic E-state index is 0.757. The fraction of sp³-hybridized carbons (Fsp3) is 0.267. The summed E-state index contributed by atoms with van der Waals surface area (Å²) in [6.45, 7) is 1.59. The largest absolute Gasteiger partial charge is 0.497 e. The van der Waals surface area contributed by atoms with Gasteiger partial charge in [0.25, 0.3) is 0 Å². The number of nitrogens with one attached hydrogen (secondary N) is 1. The Kier molecular flexibility index (Phi) is 4.92. The number of methoxy groups -OCH3 is 1. The van der Waals surface area contributed by atoms with Crippen LogP contribution in [-0.2, 0) is 13.1 Å². The average Bonchev–Trinajstić information content (AvgIpc) is 2.47. The molecule has 0 amide bonds. The van der Waals surface area contributed by atoms with Gasteiger partial charge in [0.05, 0.1) is 18.5 Å². The number of nitrogens with zero attached hydrogens (tertiary/aromatic N) is 2. The van der Waals surface area contributed by atoms with Crippen LogP contribution in [0.5, 0.6) is 5.75 Å². The molecule has 0 radical (unpaired) electrons. The number of ether oxygens (including phenoxy) is 1. The molecule has 1 aromatic carbocycles. The molecule has 0 spiro atoms. The predicted octanol–water partition coefficient (Wildman–Crippen LogP) is 2.01. The number of hydrogen-bond donors (Lipinski definition) is 2. The van der Waals surface area contributed by atoms with Crippen LogP contribution in [0.4, 0.5) is 5.69 Å². The molecule has 3 N–H and O–H groups in total. The van der Waals surface area contributed by atoms with Gasteiger partial charge in [-0.25, -0.2) is 0 Å². The molecule has 0 saturated carbocycles. The number of nitrogen functional groups attached to an aromatic ring is 1. The summed E-state index contributed by atoms with van der Waals surface area (Å²) in [6, 6.07) is 11.9. The highest BCUT2D eigenvalue weighted by molar-refractivity contribution is 5.41. The zero-order valence-electron chi connectivity index (χ0n) is 11.8. The number of nitrogens with two attached hydrogens (primary N) is 1. The molecule has 0 saturated heterocycles. The number of aromatic nitrogens is 1. The first-order valence-electron chi connectivity index (χ1n) is 6.44. The van der Waals surface area contributed by atoms with E-state index in [-0.39, 0.29) is 0 Å². The van der Waals surface area contributed by atoms with E-state index in [4.69, 9.17) is 10.6 Å². The number of hydrazine groups is 1. The van der Waals surface area contributed by atoms with E-state index in [1.165, 1.54) is 5.56 Å². The Morgan fingerprint density at radius 3 is 2.85 bits per heavy atom. The minimum Gasteiger partial charge on any atom is -0.497 e. The summed E-state index contributed by atoms with van der Waals surface area (Å²) >= 11 is 0. The third-order valence-corrected chi connectivity index (χ3v) is 3.00. The highest BCUT2D eigenvalue weighted by Crippen LogP contribution is 2.15. The van der Waals surface area contributed by atoms with E-state index in [2.05, 4.69) is 28.4 Å². The summed E-state index contributed by atoms with van der Waals surface area (Å²) in [5.41, 5.74) is 5.68. The molecule has 5 heteroatoms. The topological polar surface area (TPSA) is 63.4 Å². The molecule has 20 heavy (non-hydrogen) atoms. The van der Waals surface area contributed by atoms with Gasteiger partial charge in [0.1, 0.15) is 5.75 Å².